The number of benzene rings is 1. The quantitative estimate of drug-likeness (QED) is 0.615. The van der Waals surface area contributed by atoms with Crippen molar-refractivity contribution in [2.45, 2.75) is 33.7 Å². The SMILES string of the molecule is Cc1cc(C)c(C(CSCC(C)C)NN)c(F)c1. The lowest BCUT2D eigenvalue weighted by Crippen LogP contribution is -2.31. The van der Waals surface area contributed by atoms with Crippen LogP contribution in [-0.2, 0) is 0 Å². The minimum absolute atomic E-state index is 0.130. The molecule has 1 aromatic rings. The van der Waals surface area contributed by atoms with Crippen molar-refractivity contribution in [3.05, 3.63) is 34.6 Å². The molecule has 0 saturated heterocycles. The zero-order valence-corrected chi connectivity index (χ0v) is 12.4. The minimum Gasteiger partial charge on any atom is -0.271 e. The molecule has 0 heterocycles. The van der Waals surface area contributed by atoms with Gasteiger partial charge in [0.1, 0.15) is 5.82 Å². The van der Waals surface area contributed by atoms with Crippen LogP contribution < -0.4 is 11.3 Å². The molecule has 4 heteroatoms. The van der Waals surface area contributed by atoms with Crippen LogP contribution in [0.25, 0.3) is 0 Å². The summed E-state index contributed by atoms with van der Waals surface area (Å²) in [6, 6.07) is 3.43. The van der Waals surface area contributed by atoms with Gasteiger partial charge in [-0.2, -0.15) is 11.8 Å². The molecule has 0 bridgehead atoms. The molecule has 0 aromatic heterocycles. The van der Waals surface area contributed by atoms with Gasteiger partial charge < -0.3 is 0 Å². The van der Waals surface area contributed by atoms with Gasteiger partial charge in [-0.1, -0.05) is 19.9 Å². The highest BCUT2D eigenvalue weighted by atomic mass is 32.2. The van der Waals surface area contributed by atoms with Gasteiger partial charge in [0.25, 0.3) is 0 Å². The first kappa shape index (κ1) is 15.5. The number of aryl methyl sites for hydroxylation is 2. The number of nitrogens with two attached hydrogens (primary N) is 1. The molecule has 2 nitrogen and oxygen atoms in total. The Morgan fingerprint density at radius 3 is 2.44 bits per heavy atom. The Morgan fingerprint density at radius 2 is 1.94 bits per heavy atom. The van der Waals surface area contributed by atoms with Gasteiger partial charge in [-0.25, -0.2) is 4.39 Å². The summed E-state index contributed by atoms with van der Waals surface area (Å²) in [5.41, 5.74) is 5.33. The van der Waals surface area contributed by atoms with Crippen molar-refractivity contribution in [2.24, 2.45) is 11.8 Å². The van der Waals surface area contributed by atoms with Crippen LogP contribution >= 0.6 is 11.8 Å². The molecule has 3 N–H and O–H groups in total. The topological polar surface area (TPSA) is 38.0 Å². The highest BCUT2D eigenvalue weighted by Gasteiger charge is 2.17. The average molecular weight is 270 g/mol. The summed E-state index contributed by atoms with van der Waals surface area (Å²) in [5, 5.41) is 0. The molecule has 102 valence electrons. The Balaban J connectivity index is 2.82. The molecule has 1 rings (SSSR count). The molecule has 0 aliphatic heterocycles. The van der Waals surface area contributed by atoms with Gasteiger partial charge in [-0.3, -0.25) is 11.3 Å². The number of hydrogen-bond donors (Lipinski definition) is 2. The summed E-state index contributed by atoms with van der Waals surface area (Å²) >= 11 is 1.80. The van der Waals surface area contributed by atoms with Gasteiger partial charge in [-0.05, 0) is 42.7 Å². The number of hydrogen-bond acceptors (Lipinski definition) is 3. The first-order chi connectivity index (χ1) is 8.45. The molecular formula is C14H23FN2S. The van der Waals surface area contributed by atoms with Crippen molar-refractivity contribution in [1.29, 1.82) is 0 Å². The molecule has 18 heavy (non-hydrogen) atoms. The van der Waals surface area contributed by atoms with Gasteiger partial charge in [0.15, 0.2) is 0 Å². The van der Waals surface area contributed by atoms with E-state index in [1.54, 1.807) is 17.8 Å². The van der Waals surface area contributed by atoms with E-state index in [1.165, 1.54) is 0 Å². The Bertz CT molecular complexity index is 370. The lowest BCUT2D eigenvalue weighted by molar-refractivity contribution is 0.542. The van der Waals surface area contributed by atoms with E-state index < -0.39 is 0 Å². The Morgan fingerprint density at radius 1 is 1.28 bits per heavy atom. The maximum Gasteiger partial charge on any atom is 0.128 e. The third-order valence-corrected chi connectivity index (χ3v) is 4.24. The standard InChI is InChI=1S/C14H23FN2S/c1-9(2)7-18-8-13(17-16)14-11(4)5-10(3)6-12(14)15/h5-6,9,13,17H,7-8,16H2,1-4H3. The van der Waals surface area contributed by atoms with Crippen molar-refractivity contribution in [1.82, 2.24) is 5.43 Å². The van der Waals surface area contributed by atoms with Crippen LogP contribution in [-0.4, -0.2) is 11.5 Å². The third kappa shape index (κ3) is 4.26. The summed E-state index contributed by atoms with van der Waals surface area (Å²) in [4.78, 5) is 0. The molecule has 0 fully saturated rings. The lowest BCUT2D eigenvalue weighted by atomic mass is 10.00. The fraction of sp³-hybridized carbons (Fsp3) is 0.571. The molecule has 0 radical (unpaired) electrons. The molecular weight excluding hydrogens is 247 g/mol. The highest BCUT2D eigenvalue weighted by Crippen LogP contribution is 2.26. The van der Waals surface area contributed by atoms with Crippen molar-refractivity contribution in [3.63, 3.8) is 0 Å². The maximum atomic E-state index is 14.0. The second-order valence-electron chi connectivity index (χ2n) is 5.13. The minimum atomic E-state index is -0.166. The van der Waals surface area contributed by atoms with Gasteiger partial charge >= 0.3 is 0 Å². The summed E-state index contributed by atoms with van der Waals surface area (Å²) in [6.45, 7) is 8.19. The van der Waals surface area contributed by atoms with Crippen LogP contribution in [0.2, 0.25) is 0 Å². The van der Waals surface area contributed by atoms with E-state index >= 15 is 0 Å². The molecule has 0 saturated carbocycles. The molecule has 0 spiro atoms. The summed E-state index contributed by atoms with van der Waals surface area (Å²) in [5.74, 6) is 7.89. The van der Waals surface area contributed by atoms with Gasteiger partial charge in [0.2, 0.25) is 0 Å². The normalized spacial score (nSPS) is 13.1. The van der Waals surface area contributed by atoms with Crippen molar-refractivity contribution in [2.75, 3.05) is 11.5 Å². The van der Waals surface area contributed by atoms with E-state index in [0.29, 0.717) is 11.5 Å². The van der Waals surface area contributed by atoms with Crippen molar-refractivity contribution in [3.8, 4) is 0 Å². The summed E-state index contributed by atoms with van der Waals surface area (Å²) in [7, 11) is 0. The van der Waals surface area contributed by atoms with Crippen LogP contribution in [0.15, 0.2) is 12.1 Å². The monoisotopic (exact) mass is 270 g/mol. The largest absolute Gasteiger partial charge is 0.271 e. The summed E-state index contributed by atoms with van der Waals surface area (Å²) < 4.78 is 14.0. The van der Waals surface area contributed by atoms with Crippen molar-refractivity contribution >= 4 is 11.8 Å². The molecule has 1 aromatic carbocycles. The fourth-order valence-electron chi connectivity index (χ4n) is 2.00. The van der Waals surface area contributed by atoms with Gasteiger partial charge in [0.05, 0.1) is 6.04 Å². The van der Waals surface area contributed by atoms with Crippen LogP contribution in [0, 0.1) is 25.6 Å². The van der Waals surface area contributed by atoms with E-state index in [9.17, 15) is 4.39 Å². The molecule has 1 unspecified atom stereocenters. The van der Waals surface area contributed by atoms with E-state index in [2.05, 4.69) is 19.3 Å². The van der Waals surface area contributed by atoms with Crippen LogP contribution in [0.1, 0.15) is 36.6 Å². The number of halogens is 1. The maximum absolute atomic E-state index is 14.0. The van der Waals surface area contributed by atoms with E-state index in [4.69, 9.17) is 5.84 Å². The predicted molar refractivity (Wildman–Crippen MR) is 78.1 cm³/mol. The second-order valence-corrected chi connectivity index (χ2v) is 6.20. The number of rotatable bonds is 6. The van der Waals surface area contributed by atoms with E-state index in [0.717, 1.165) is 22.6 Å². The fourth-order valence-corrected chi connectivity index (χ4v) is 3.11. The van der Waals surface area contributed by atoms with Crippen molar-refractivity contribution < 1.29 is 4.39 Å². The zero-order chi connectivity index (χ0) is 13.7. The van der Waals surface area contributed by atoms with Crippen LogP contribution in [0.3, 0.4) is 0 Å². The molecule has 0 aliphatic rings. The first-order valence-electron chi connectivity index (χ1n) is 6.26. The molecule has 1 atom stereocenters. The van der Waals surface area contributed by atoms with Gasteiger partial charge in [-0.15, -0.1) is 0 Å². The third-order valence-electron chi connectivity index (χ3n) is 2.77. The van der Waals surface area contributed by atoms with Crippen LogP contribution in [0.5, 0.6) is 0 Å². The lowest BCUT2D eigenvalue weighted by Gasteiger charge is -2.20. The smallest absolute Gasteiger partial charge is 0.128 e. The predicted octanol–water partition coefficient (Wildman–Crippen LogP) is 3.34. The number of hydrazine groups is 1. The highest BCUT2D eigenvalue weighted by molar-refractivity contribution is 7.99. The summed E-state index contributed by atoms with van der Waals surface area (Å²) in [6.07, 6.45) is 0. The van der Waals surface area contributed by atoms with Crippen LogP contribution in [0.4, 0.5) is 4.39 Å². The number of nitrogens with one attached hydrogen (secondary N) is 1. The molecule has 0 amide bonds. The Kier molecular flexibility index (Phi) is 6.12. The van der Waals surface area contributed by atoms with Gasteiger partial charge in [0, 0.05) is 11.3 Å². The Labute approximate surface area is 113 Å². The number of thioether (sulfide) groups is 1. The Hall–Kier alpha value is -0.580. The average Bonchev–Trinajstić information content (AvgIpc) is 2.25. The van der Waals surface area contributed by atoms with E-state index in [-0.39, 0.29) is 11.9 Å². The molecule has 0 aliphatic carbocycles. The van der Waals surface area contributed by atoms with E-state index in [1.807, 2.05) is 19.9 Å². The zero-order valence-electron chi connectivity index (χ0n) is 11.6. The second kappa shape index (κ2) is 7.12. The first-order valence-corrected chi connectivity index (χ1v) is 7.41.